The van der Waals surface area contributed by atoms with Crippen LogP contribution >= 0.6 is 0 Å². The summed E-state index contributed by atoms with van der Waals surface area (Å²) in [5.41, 5.74) is 2.04. The number of ether oxygens (including phenoxy) is 1. The Labute approximate surface area is 116 Å². The van der Waals surface area contributed by atoms with Gasteiger partial charge in [0.15, 0.2) is 0 Å². The van der Waals surface area contributed by atoms with Crippen LogP contribution < -0.4 is 10.1 Å². The molecule has 0 radical (unpaired) electrons. The molecule has 3 rings (SSSR count). The van der Waals surface area contributed by atoms with Crippen LogP contribution in [0.25, 0.3) is 0 Å². The van der Waals surface area contributed by atoms with Gasteiger partial charge in [0.05, 0.1) is 6.61 Å². The lowest BCUT2D eigenvalue weighted by molar-refractivity contribution is 0.340. The van der Waals surface area contributed by atoms with Crippen molar-refractivity contribution in [2.45, 2.75) is 45.6 Å². The molecule has 0 amide bonds. The molecule has 2 aliphatic carbocycles. The lowest BCUT2D eigenvalue weighted by atomic mass is 9.99. The number of nitrogens with one attached hydrogen (secondary N) is 1. The Bertz CT molecular complexity index is 417. The van der Waals surface area contributed by atoms with Gasteiger partial charge < -0.3 is 10.1 Å². The van der Waals surface area contributed by atoms with Crippen LogP contribution in [-0.2, 0) is 0 Å². The fourth-order valence-electron chi connectivity index (χ4n) is 3.08. The van der Waals surface area contributed by atoms with Crippen molar-refractivity contribution in [2.24, 2.45) is 11.3 Å². The minimum atomic E-state index is 0.437. The molecule has 0 heterocycles. The predicted octanol–water partition coefficient (Wildman–Crippen LogP) is 3.93. The first-order valence-electron chi connectivity index (χ1n) is 7.70. The highest BCUT2D eigenvalue weighted by molar-refractivity contribution is 5.29. The zero-order chi connectivity index (χ0) is 13.3. The Hall–Kier alpha value is -1.02. The quantitative estimate of drug-likeness (QED) is 0.801. The first-order chi connectivity index (χ1) is 9.23. The first-order valence-corrected chi connectivity index (χ1v) is 7.70. The van der Waals surface area contributed by atoms with Gasteiger partial charge in [0.1, 0.15) is 5.75 Å². The fraction of sp³-hybridized carbons (Fsp3) is 0.647. The van der Waals surface area contributed by atoms with Crippen molar-refractivity contribution in [1.29, 1.82) is 0 Å². The molecule has 1 unspecified atom stereocenters. The number of hydrogen-bond donors (Lipinski definition) is 1. The lowest BCUT2D eigenvalue weighted by Gasteiger charge is -2.20. The molecule has 0 aromatic heterocycles. The minimum Gasteiger partial charge on any atom is -0.494 e. The van der Waals surface area contributed by atoms with Crippen molar-refractivity contribution >= 4 is 0 Å². The fourth-order valence-corrected chi connectivity index (χ4v) is 3.08. The summed E-state index contributed by atoms with van der Waals surface area (Å²) < 4.78 is 5.48. The van der Waals surface area contributed by atoms with Crippen LogP contribution in [0, 0.1) is 11.3 Å². The zero-order valence-corrected chi connectivity index (χ0v) is 12.1. The summed E-state index contributed by atoms with van der Waals surface area (Å²) in [6.07, 6.45) is 5.83. The van der Waals surface area contributed by atoms with E-state index in [1.165, 1.54) is 37.8 Å². The largest absolute Gasteiger partial charge is 0.494 e. The molecule has 0 spiro atoms. The molecule has 1 aromatic carbocycles. The van der Waals surface area contributed by atoms with Crippen molar-refractivity contribution in [3.8, 4) is 5.75 Å². The SMILES string of the molecule is CCOc1ccc(C(C)NCC2(C3CC3)CC2)cc1. The molecule has 0 bridgehead atoms. The summed E-state index contributed by atoms with van der Waals surface area (Å²) in [6.45, 7) is 6.22. The van der Waals surface area contributed by atoms with Crippen molar-refractivity contribution < 1.29 is 4.74 Å². The van der Waals surface area contributed by atoms with E-state index in [4.69, 9.17) is 4.74 Å². The summed E-state index contributed by atoms with van der Waals surface area (Å²) in [5.74, 6) is 2.00. The van der Waals surface area contributed by atoms with E-state index >= 15 is 0 Å². The van der Waals surface area contributed by atoms with Crippen LogP contribution in [0.3, 0.4) is 0 Å². The van der Waals surface area contributed by atoms with E-state index in [2.05, 4.69) is 36.5 Å². The van der Waals surface area contributed by atoms with Crippen molar-refractivity contribution in [3.05, 3.63) is 29.8 Å². The van der Waals surface area contributed by atoms with Crippen LogP contribution in [0.5, 0.6) is 5.75 Å². The third-order valence-electron chi connectivity index (χ3n) is 4.79. The molecular weight excluding hydrogens is 234 g/mol. The van der Waals surface area contributed by atoms with E-state index in [1.54, 1.807) is 0 Å². The molecule has 2 nitrogen and oxygen atoms in total. The Balaban J connectivity index is 1.53. The highest BCUT2D eigenvalue weighted by Crippen LogP contribution is 2.60. The predicted molar refractivity (Wildman–Crippen MR) is 78.4 cm³/mol. The van der Waals surface area contributed by atoms with Gasteiger partial charge in [-0.3, -0.25) is 0 Å². The second-order valence-corrected chi connectivity index (χ2v) is 6.24. The van der Waals surface area contributed by atoms with Crippen LogP contribution in [0.2, 0.25) is 0 Å². The number of hydrogen-bond acceptors (Lipinski definition) is 2. The van der Waals surface area contributed by atoms with Gasteiger partial charge >= 0.3 is 0 Å². The molecule has 1 aromatic rings. The average Bonchev–Trinajstić information content (AvgIpc) is 3.29. The Kier molecular flexibility index (Phi) is 3.53. The van der Waals surface area contributed by atoms with Gasteiger partial charge in [-0.1, -0.05) is 12.1 Å². The summed E-state index contributed by atoms with van der Waals surface area (Å²) in [5, 5.41) is 3.73. The van der Waals surface area contributed by atoms with E-state index in [9.17, 15) is 0 Å². The molecule has 1 N–H and O–H groups in total. The molecule has 19 heavy (non-hydrogen) atoms. The maximum Gasteiger partial charge on any atom is 0.119 e. The van der Waals surface area contributed by atoms with Gasteiger partial charge in [0.25, 0.3) is 0 Å². The summed E-state index contributed by atoms with van der Waals surface area (Å²) >= 11 is 0. The normalized spacial score (nSPS) is 22.0. The standard InChI is InChI=1S/C17H25NO/c1-3-19-16-8-4-14(5-9-16)13(2)18-12-17(10-11-17)15-6-7-15/h4-5,8-9,13,15,18H,3,6-7,10-12H2,1-2H3. The Morgan fingerprint density at radius 1 is 1.26 bits per heavy atom. The first kappa shape index (κ1) is 13.0. The molecular formula is C17H25NO. The highest BCUT2D eigenvalue weighted by atomic mass is 16.5. The second kappa shape index (κ2) is 5.16. The highest BCUT2D eigenvalue weighted by Gasteiger charge is 2.53. The van der Waals surface area contributed by atoms with Gasteiger partial charge in [0.2, 0.25) is 0 Å². The topological polar surface area (TPSA) is 21.3 Å². The second-order valence-electron chi connectivity index (χ2n) is 6.24. The van der Waals surface area contributed by atoms with E-state index in [0.717, 1.165) is 18.3 Å². The van der Waals surface area contributed by atoms with Gasteiger partial charge in [-0.05, 0) is 68.6 Å². The van der Waals surface area contributed by atoms with Crippen LogP contribution in [-0.4, -0.2) is 13.2 Å². The maximum absolute atomic E-state index is 5.48. The van der Waals surface area contributed by atoms with Crippen molar-refractivity contribution in [1.82, 2.24) is 5.32 Å². The molecule has 0 saturated heterocycles. The van der Waals surface area contributed by atoms with E-state index in [0.29, 0.717) is 11.5 Å². The molecule has 2 saturated carbocycles. The number of benzene rings is 1. The molecule has 2 aliphatic rings. The molecule has 0 aliphatic heterocycles. The zero-order valence-electron chi connectivity index (χ0n) is 12.1. The van der Waals surface area contributed by atoms with E-state index in [1.807, 2.05) is 6.92 Å². The third kappa shape index (κ3) is 2.94. The van der Waals surface area contributed by atoms with Gasteiger partial charge in [-0.25, -0.2) is 0 Å². The summed E-state index contributed by atoms with van der Waals surface area (Å²) in [4.78, 5) is 0. The minimum absolute atomic E-state index is 0.437. The maximum atomic E-state index is 5.48. The smallest absolute Gasteiger partial charge is 0.119 e. The van der Waals surface area contributed by atoms with Crippen molar-refractivity contribution in [3.63, 3.8) is 0 Å². The van der Waals surface area contributed by atoms with Crippen molar-refractivity contribution in [2.75, 3.05) is 13.2 Å². The Morgan fingerprint density at radius 3 is 2.47 bits per heavy atom. The number of rotatable bonds is 7. The summed E-state index contributed by atoms with van der Waals surface area (Å²) in [6, 6.07) is 8.95. The monoisotopic (exact) mass is 259 g/mol. The molecule has 2 fully saturated rings. The molecule has 2 heteroatoms. The molecule has 104 valence electrons. The van der Waals surface area contributed by atoms with Crippen LogP contribution in [0.15, 0.2) is 24.3 Å². The van der Waals surface area contributed by atoms with Gasteiger partial charge in [-0.15, -0.1) is 0 Å². The lowest BCUT2D eigenvalue weighted by Crippen LogP contribution is -2.27. The van der Waals surface area contributed by atoms with E-state index in [-0.39, 0.29) is 0 Å². The van der Waals surface area contributed by atoms with E-state index < -0.39 is 0 Å². The van der Waals surface area contributed by atoms with Gasteiger partial charge in [-0.2, -0.15) is 0 Å². The third-order valence-corrected chi connectivity index (χ3v) is 4.79. The van der Waals surface area contributed by atoms with Crippen LogP contribution in [0.4, 0.5) is 0 Å². The van der Waals surface area contributed by atoms with Crippen LogP contribution in [0.1, 0.15) is 51.1 Å². The van der Waals surface area contributed by atoms with Gasteiger partial charge in [0, 0.05) is 12.6 Å². The molecule has 1 atom stereocenters. The summed E-state index contributed by atoms with van der Waals surface area (Å²) in [7, 11) is 0. The average molecular weight is 259 g/mol. The Morgan fingerprint density at radius 2 is 1.95 bits per heavy atom.